The maximum atomic E-state index is 13.6. The van der Waals surface area contributed by atoms with Gasteiger partial charge in [0.05, 0.1) is 23.3 Å². The van der Waals surface area contributed by atoms with Crippen LogP contribution in [0.4, 0.5) is 19.1 Å². The second-order valence-corrected chi connectivity index (χ2v) is 10.2. The largest absolute Gasteiger partial charge is 0.350 e. The number of anilines is 1. The zero-order valence-corrected chi connectivity index (χ0v) is 19.7. The molecule has 4 heterocycles. The molecule has 184 valence electrons. The van der Waals surface area contributed by atoms with E-state index < -0.39 is 36.4 Å². The summed E-state index contributed by atoms with van der Waals surface area (Å²) >= 11 is 1.30. The molecular weight excluding hydrogens is 483 g/mol. The van der Waals surface area contributed by atoms with E-state index in [1.165, 1.54) is 28.5 Å². The molecule has 0 bridgehead atoms. The summed E-state index contributed by atoms with van der Waals surface area (Å²) in [4.78, 5) is 43.9. The van der Waals surface area contributed by atoms with Gasteiger partial charge in [0.2, 0.25) is 17.8 Å². The number of nitrogens with one attached hydrogen (secondary N) is 2. The van der Waals surface area contributed by atoms with Gasteiger partial charge in [-0.2, -0.15) is 4.98 Å². The second kappa shape index (κ2) is 8.70. The Balaban J connectivity index is 1.29. The fourth-order valence-corrected chi connectivity index (χ4v) is 4.97. The van der Waals surface area contributed by atoms with Gasteiger partial charge in [-0.1, -0.05) is 0 Å². The van der Waals surface area contributed by atoms with Gasteiger partial charge in [-0.25, -0.2) is 23.1 Å². The van der Waals surface area contributed by atoms with Gasteiger partial charge in [0.1, 0.15) is 10.5 Å². The van der Waals surface area contributed by atoms with Crippen molar-refractivity contribution in [1.29, 1.82) is 0 Å². The average molecular weight is 506 g/mol. The number of thiazole rings is 1. The molecule has 3 aromatic rings. The average Bonchev–Trinajstić information content (AvgIpc) is 3.13. The Morgan fingerprint density at radius 2 is 1.94 bits per heavy atom. The number of nitrogens with zero attached hydrogens (tertiary/aromatic N) is 5. The van der Waals surface area contributed by atoms with Crippen molar-refractivity contribution < 1.29 is 22.8 Å². The molecule has 1 aliphatic carbocycles. The lowest BCUT2D eigenvalue weighted by Crippen LogP contribution is -2.62. The zero-order valence-electron chi connectivity index (χ0n) is 18.9. The van der Waals surface area contributed by atoms with E-state index in [0.717, 1.165) is 6.20 Å². The van der Waals surface area contributed by atoms with Crippen LogP contribution in [0.5, 0.6) is 0 Å². The first-order valence-electron chi connectivity index (χ1n) is 11.1. The lowest BCUT2D eigenvalue weighted by Gasteiger charge is -2.41. The van der Waals surface area contributed by atoms with E-state index in [0.29, 0.717) is 20.9 Å². The van der Waals surface area contributed by atoms with Crippen molar-refractivity contribution in [3.8, 4) is 0 Å². The first-order chi connectivity index (χ1) is 16.6. The topological polar surface area (TPSA) is 113 Å². The highest BCUT2D eigenvalue weighted by Gasteiger charge is 2.49. The minimum atomic E-state index is -2.76. The molecule has 1 aliphatic heterocycles. The summed E-state index contributed by atoms with van der Waals surface area (Å²) in [6.07, 6.45) is 1.77. The molecule has 13 heteroatoms. The molecule has 2 fully saturated rings. The standard InChI is InChI=1S/C22H22F3N7O2S/c1-10(12-3-14(23)7-26-6-12)27-21-30-16(17-18(31-21)28-11(2)35-17)20(34)32-8-15(9-32)29-19(33)13-4-22(24,25)5-13/h3,6-7,10,13,15H,4-5,8-9H2,1-2H3,(H,29,33)(H,27,30,31)/t10-/m0/s1. The maximum Gasteiger partial charge on any atom is 0.274 e. The summed E-state index contributed by atoms with van der Waals surface area (Å²) in [5.41, 5.74) is 1.13. The van der Waals surface area contributed by atoms with E-state index in [1.807, 2.05) is 0 Å². The van der Waals surface area contributed by atoms with E-state index in [2.05, 4.69) is 30.6 Å². The van der Waals surface area contributed by atoms with E-state index in [1.54, 1.807) is 13.8 Å². The number of aryl methyl sites for hydroxylation is 1. The number of carbonyl (C=O) groups excluding carboxylic acids is 2. The molecule has 2 aliphatic rings. The van der Waals surface area contributed by atoms with Crippen molar-refractivity contribution in [3.05, 3.63) is 40.5 Å². The third-order valence-corrected chi connectivity index (χ3v) is 7.08. The van der Waals surface area contributed by atoms with Crippen LogP contribution in [0.25, 0.3) is 10.3 Å². The molecule has 0 aromatic carbocycles. The molecule has 35 heavy (non-hydrogen) atoms. The van der Waals surface area contributed by atoms with Crippen LogP contribution in [0.2, 0.25) is 0 Å². The highest BCUT2D eigenvalue weighted by Crippen LogP contribution is 2.42. The van der Waals surface area contributed by atoms with Gasteiger partial charge in [0, 0.05) is 38.0 Å². The lowest BCUT2D eigenvalue weighted by atomic mass is 9.80. The molecular formula is C22H22F3N7O2S. The van der Waals surface area contributed by atoms with Gasteiger partial charge in [-0.3, -0.25) is 14.6 Å². The van der Waals surface area contributed by atoms with Crippen molar-refractivity contribution >= 4 is 39.4 Å². The molecule has 2 N–H and O–H groups in total. The number of rotatable bonds is 6. The van der Waals surface area contributed by atoms with Crippen LogP contribution in [-0.2, 0) is 4.79 Å². The number of halogens is 3. The molecule has 9 nitrogen and oxygen atoms in total. The number of alkyl halides is 2. The van der Waals surface area contributed by atoms with Gasteiger partial charge in [-0.05, 0) is 25.5 Å². The van der Waals surface area contributed by atoms with Crippen molar-refractivity contribution in [3.63, 3.8) is 0 Å². The maximum absolute atomic E-state index is 13.6. The third kappa shape index (κ3) is 4.77. The number of hydrogen-bond donors (Lipinski definition) is 2. The number of aromatic nitrogens is 4. The van der Waals surface area contributed by atoms with Crippen LogP contribution in [0.3, 0.4) is 0 Å². The molecule has 0 spiro atoms. The van der Waals surface area contributed by atoms with Crippen LogP contribution >= 0.6 is 11.3 Å². The van der Waals surface area contributed by atoms with Gasteiger partial charge in [0.25, 0.3) is 5.91 Å². The highest BCUT2D eigenvalue weighted by atomic mass is 32.1. The number of fused-ring (bicyclic) bond motifs is 1. The van der Waals surface area contributed by atoms with Gasteiger partial charge >= 0.3 is 0 Å². The number of likely N-dealkylation sites (tertiary alicyclic amines) is 1. The first-order valence-corrected chi connectivity index (χ1v) is 11.9. The van der Waals surface area contributed by atoms with Crippen molar-refractivity contribution in [2.24, 2.45) is 5.92 Å². The molecule has 2 amide bonds. The lowest BCUT2D eigenvalue weighted by molar-refractivity contribution is -0.151. The van der Waals surface area contributed by atoms with Crippen LogP contribution in [0, 0.1) is 18.7 Å². The molecule has 1 saturated carbocycles. The third-order valence-electron chi connectivity index (χ3n) is 6.11. The predicted octanol–water partition coefficient (Wildman–Crippen LogP) is 3.09. The minimum Gasteiger partial charge on any atom is -0.350 e. The Kier molecular flexibility index (Phi) is 5.82. The van der Waals surface area contributed by atoms with E-state index in [9.17, 15) is 22.8 Å². The number of carbonyl (C=O) groups is 2. The minimum absolute atomic E-state index is 0.166. The Labute approximate surface area is 202 Å². The smallest absolute Gasteiger partial charge is 0.274 e. The SMILES string of the molecule is Cc1nc2nc(N[C@@H](C)c3cncc(F)c3)nc(C(=O)N3CC(NC(=O)C4CC(F)(F)C4)C3)c2s1. The fraction of sp³-hybridized carbons (Fsp3) is 0.455. The second-order valence-electron chi connectivity index (χ2n) is 8.96. The number of amides is 2. The summed E-state index contributed by atoms with van der Waals surface area (Å²) in [5.74, 6) is -4.49. The predicted molar refractivity (Wildman–Crippen MR) is 122 cm³/mol. The van der Waals surface area contributed by atoms with Crippen LogP contribution in [0.15, 0.2) is 18.5 Å². The molecule has 1 atom stereocenters. The Hall–Kier alpha value is -3.35. The summed E-state index contributed by atoms with van der Waals surface area (Å²) < 4.78 is 40.1. The summed E-state index contributed by atoms with van der Waals surface area (Å²) in [7, 11) is 0. The zero-order chi connectivity index (χ0) is 24.9. The molecule has 3 aromatic heterocycles. The monoisotopic (exact) mass is 505 g/mol. The highest BCUT2D eigenvalue weighted by molar-refractivity contribution is 7.18. The summed E-state index contributed by atoms with van der Waals surface area (Å²) in [6, 6.07) is 0.668. The van der Waals surface area contributed by atoms with E-state index >= 15 is 0 Å². The van der Waals surface area contributed by atoms with Crippen molar-refractivity contribution in [2.75, 3.05) is 18.4 Å². The summed E-state index contributed by atoms with van der Waals surface area (Å²) in [6.45, 7) is 4.10. The summed E-state index contributed by atoms with van der Waals surface area (Å²) in [5, 5.41) is 6.52. The Bertz CT molecular complexity index is 1300. The Morgan fingerprint density at radius 1 is 1.20 bits per heavy atom. The van der Waals surface area contributed by atoms with Crippen LogP contribution < -0.4 is 10.6 Å². The molecule has 0 unspecified atom stereocenters. The Morgan fingerprint density at radius 3 is 2.63 bits per heavy atom. The van der Waals surface area contributed by atoms with Crippen molar-refractivity contribution in [1.82, 2.24) is 30.2 Å². The van der Waals surface area contributed by atoms with Gasteiger partial charge < -0.3 is 15.5 Å². The first kappa shape index (κ1) is 23.4. The van der Waals surface area contributed by atoms with Crippen LogP contribution in [-0.4, -0.2) is 61.7 Å². The van der Waals surface area contributed by atoms with Gasteiger partial charge in [-0.15, -0.1) is 11.3 Å². The van der Waals surface area contributed by atoms with E-state index in [4.69, 9.17) is 0 Å². The van der Waals surface area contributed by atoms with Crippen molar-refractivity contribution in [2.45, 2.75) is 44.7 Å². The van der Waals surface area contributed by atoms with Gasteiger partial charge in [0.15, 0.2) is 11.3 Å². The quantitative estimate of drug-likeness (QED) is 0.529. The van der Waals surface area contributed by atoms with E-state index in [-0.39, 0.29) is 42.7 Å². The molecule has 0 radical (unpaired) electrons. The van der Waals surface area contributed by atoms with Crippen LogP contribution in [0.1, 0.15) is 46.9 Å². The number of hydrogen-bond acceptors (Lipinski definition) is 8. The fourth-order valence-electron chi connectivity index (χ4n) is 4.13. The number of pyridine rings is 1. The normalized spacial score (nSPS) is 18.6. The molecule has 1 saturated heterocycles. The molecule has 5 rings (SSSR count).